The second-order valence-electron chi connectivity index (χ2n) is 11.9. The summed E-state index contributed by atoms with van der Waals surface area (Å²) < 4.78 is 23.3. The predicted molar refractivity (Wildman–Crippen MR) is 152 cm³/mol. The van der Waals surface area contributed by atoms with Gasteiger partial charge in [-0.05, 0) is 51.4 Å². The van der Waals surface area contributed by atoms with Crippen molar-refractivity contribution in [3.63, 3.8) is 0 Å². The quantitative estimate of drug-likeness (QED) is 0.494. The predicted octanol–water partition coefficient (Wildman–Crippen LogP) is 4.24. The Morgan fingerprint density at radius 2 is 1.31 bits per heavy atom. The molecule has 0 bridgehead atoms. The molecule has 0 saturated carbocycles. The molecule has 6 rings (SSSR count). The van der Waals surface area contributed by atoms with Gasteiger partial charge in [0.1, 0.15) is 12.2 Å². The van der Waals surface area contributed by atoms with Crippen molar-refractivity contribution in [2.24, 2.45) is 0 Å². The molecule has 4 aliphatic heterocycles. The van der Waals surface area contributed by atoms with Gasteiger partial charge < -0.3 is 18.9 Å². The lowest BCUT2D eigenvalue weighted by Gasteiger charge is -2.36. The molecule has 1 unspecified atom stereocenters. The smallest absolute Gasteiger partial charge is 0.217 e. The molecule has 4 aliphatic rings. The minimum atomic E-state index is 0.288. The summed E-state index contributed by atoms with van der Waals surface area (Å²) in [4.78, 5) is 14.0. The molecule has 0 amide bonds. The van der Waals surface area contributed by atoms with Crippen LogP contribution >= 0.6 is 0 Å². The number of hydrogen-bond acceptors (Lipinski definition) is 8. The average molecular weight is 539 g/mol. The maximum atomic E-state index is 6.15. The van der Waals surface area contributed by atoms with Gasteiger partial charge in [-0.15, -0.1) is 0 Å². The van der Waals surface area contributed by atoms with Gasteiger partial charge in [0.15, 0.2) is 0 Å². The summed E-state index contributed by atoms with van der Waals surface area (Å²) >= 11 is 0. The number of aryl methyl sites for hydroxylation is 1. The third-order valence-electron chi connectivity index (χ3n) is 8.17. The second-order valence-corrected chi connectivity index (χ2v) is 11.9. The maximum absolute atomic E-state index is 6.15. The third-order valence-corrected chi connectivity index (χ3v) is 8.17. The molecule has 8 nitrogen and oxygen atoms in total. The molecule has 6 heterocycles. The molecule has 0 aromatic carbocycles. The number of likely N-dealkylation sites (N-methyl/N-ethyl adjacent to an activating group) is 2. The van der Waals surface area contributed by atoms with Gasteiger partial charge in [-0.1, -0.05) is 32.9 Å². The first kappa shape index (κ1) is 28.3. The molecule has 0 N–H and O–H groups in total. The molecule has 0 radical (unpaired) electrons. The van der Waals surface area contributed by atoms with Crippen LogP contribution < -0.4 is 9.47 Å². The zero-order chi connectivity index (χ0) is 27.4. The summed E-state index contributed by atoms with van der Waals surface area (Å²) in [5, 5.41) is 0. The SMILES string of the molecule is CC(C)c1ccc(C2CCOC2)c(OC2CN(C)C2)n1.CCc1ccc([C@@H]2CCOC2)c(OC2CN(C)C2)n1. The molecule has 2 atom stereocenters. The fraction of sp³-hybridized carbons (Fsp3) is 0.677. The number of rotatable bonds is 8. The van der Waals surface area contributed by atoms with E-state index in [0.29, 0.717) is 23.9 Å². The van der Waals surface area contributed by atoms with E-state index >= 15 is 0 Å². The van der Waals surface area contributed by atoms with Gasteiger partial charge >= 0.3 is 0 Å². The zero-order valence-corrected chi connectivity index (χ0v) is 24.4. The van der Waals surface area contributed by atoms with Crippen LogP contribution in [0.5, 0.6) is 11.8 Å². The van der Waals surface area contributed by atoms with Crippen LogP contribution in [0.4, 0.5) is 0 Å². The fourth-order valence-corrected chi connectivity index (χ4v) is 5.59. The molecule has 2 aromatic rings. The molecule has 4 saturated heterocycles. The van der Waals surface area contributed by atoms with Crippen LogP contribution in [-0.4, -0.2) is 98.7 Å². The summed E-state index contributed by atoms with van der Waals surface area (Å²) in [7, 11) is 4.23. The average Bonchev–Trinajstić information content (AvgIpc) is 3.62. The lowest BCUT2D eigenvalue weighted by atomic mass is 9.98. The Morgan fingerprint density at radius 3 is 1.74 bits per heavy atom. The third kappa shape index (κ3) is 7.09. The summed E-state index contributed by atoms with van der Waals surface area (Å²) in [5.74, 6) is 3.00. The molecular formula is C31H46N4O4. The van der Waals surface area contributed by atoms with Crippen molar-refractivity contribution < 1.29 is 18.9 Å². The highest BCUT2D eigenvalue weighted by molar-refractivity contribution is 5.34. The van der Waals surface area contributed by atoms with Crippen LogP contribution in [0.25, 0.3) is 0 Å². The first-order valence-electron chi connectivity index (χ1n) is 14.8. The molecule has 0 spiro atoms. The molecular weight excluding hydrogens is 492 g/mol. The molecule has 8 heteroatoms. The van der Waals surface area contributed by atoms with Crippen molar-refractivity contribution in [3.05, 3.63) is 46.8 Å². The van der Waals surface area contributed by atoms with Gasteiger partial charge in [-0.3, -0.25) is 9.80 Å². The van der Waals surface area contributed by atoms with E-state index in [-0.39, 0.29) is 6.10 Å². The van der Waals surface area contributed by atoms with Crippen LogP contribution in [0.3, 0.4) is 0 Å². The van der Waals surface area contributed by atoms with Gasteiger partial charge in [-0.2, -0.15) is 0 Å². The number of pyridine rings is 2. The minimum absolute atomic E-state index is 0.288. The lowest BCUT2D eigenvalue weighted by Crippen LogP contribution is -2.51. The van der Waals surface area contributed by atoms with E-state index < -0.39 is 0 Å². The van der Waals surface area contributed by atoms with Crippen LogP contribution in [0.15, 0.2) is 24.3 Å². The van der Waals surface area contributed by atoms with E-state index in [4.69, 9.17) is 23.9 Å². The Labute approximate surface area is 234 Å². The first-order chi connectivity index (χ1) is 18.9. The van der Waals surface area contributed by atoms with E-state index in [2.05, 4.69) is 73.9 Å². The van der Waals surface area contributed by atoms with E-state index in [1.807, 2.05) is 0 Å². The zero-order valence-electron chi connectivity index (χ0n) is 24.4. The van der Waals surface area contributed by atoms with Gasteiger partial charge in [0.2, 0.25) is 11.8 Å². The van der Waals surface area contributed by atoms with Crippen molar-refractivity contribution in [3.8, 4) is 11.8 Å². The van der Waals surface area contributed by atoms with Crippen molar-refractivity contribution >= 4 is 0 Å². The number of aromatic nitrogens is 2. The monoisotopic (exact) mass is 538 g/mol. The summed E-state index contributed by atoms with van der Waals surface area (Å²) in [6.45, 7) is 13.7. The highest BCUT2D eigenvalue weighted by Gasteiger charge is 2.30. The molecule has 0 aliphatic carbocycles. The van der Waals surface area contributed by atoms with E-state index in [1.54, 1.807) is 0 Å². The van der Waals surface area contributed by atoms with E-state index in [1.165, 1.54) is 11.1 Å². The van der Waals surface area contributed by atoms with Gasteiger partial charge in [0, 0.05) is 73.7 Å². The number of likely N-dealkylation sites (tertiary alicyclic amines) is 2. The first-order valence-corrected chi connectivity index (χ1v) is 14.8. The van der Waals surface area contributed by atoms with E-state index in [0.717, 1.165) is 95.0 Å². The Hall–Kier alpha value is -2.26. The Balaban J connectivity index is 0.000000158. The topological polar surface area (TPSA) is 69.2 Å². The number of ether oxygens (including phenoxy) is 4. The van der Waals surface area contributed by atoms with Crippen LogP contribution in [0, 0.1) is 0 Å². The Bertz CT molecular complexity index is 1070. The van der Waals surface area contributed by atoms with Crippen LogP contribution in [-0.2, 0) is 15.9 Å². The normalized spacial score (nSPS) is 24.3. The van der Waals surface area contributed by atoms with Crippen molar-refractivity contribution in [1.29, 1.82) is 0 Å². The van der Waals surface area contributed by atoms with Crippen LogP contribution in [0.2, 0.25) is 0 Å². The van der Waals surface area contributed by atoms with Crippen molar-refractivity contribution in [2.45, 2.75) is 70.0 Å². The van der Waals surface area contributed by atoms with Crippen molar-refractivity contribution in [1.82, 2.24) is 19.8 Å². The Morgan fingerprint density at radius 1 is 0.795 bits per heavy atom. The summed E-state index contributed by atoms with van der Waals surface area (Å²) in [5.41, 5.74) is 4.66. The maximum Gasteiger partial charge on any atom is 0.217 e. The highest BCUT2D eigenvalue weighted by Crippen LogP contribution is 2.34. The number of nitrogens with zero attached hydrogens (tertiary/aromatic N) is 4. The molecule has 214 valence electrons. The Kier molecular flexibility index (Phi) is 9.38. The highest BCUT2D eigenvalue weighted by atomic mass is 16.5. The molecule has 39 heavy (non-hydrogen) atoms. The van der Waals surface area contributed by atoms with Gasteiger partial charge in [0.25, 0.3) is 0 Å². The largest absolute Gasteiger partial charge is 0.471 e. The minimum Gasteiger partial charge on any atom is -0.471 e. The second kappa shape index (κ2) is 12.9. The van der Waals surface area contributed by atoms with Crippen LogP contribution in [0.1, 0.15) is 73.9 Å². The van der Waals surface area contributed by atoms with E-state index in [9.17, 15) is 0 Å². The standard InChI is InChI=1S/C16H24N2O2.C15H22N2O2/c1-11(2)15-5-4-14(12-6-7-19-10-12)16(17-15)20-13-8-18(3)9-13;1-3-12-4-5-14(11-6-7-18-10-11)15(16-12)19-13-8-17(2)9-13/h4-5,11-13H,6-10H2,1-3H3;4-5,11,13H,3,6-10H2,1-2H3/t;11-/m.1/s1. The molecule has 2 aromatic heterocycles. The summed E-state index contributed by atoms with van der Waals surface area (Å²) in [6, 6.07) is 8.63. The molecule has 4 fully saturated rings. The number of hydrogen-bond donors (Lipinski definition) is 0. The van der Waals surface area contributed by atoms with Gasteiger partial charge in [0.05, 0.1) is 13.2 Å². The van der Waals surface area contributed by atoms with Crippen molar-refractivity contribution in [2.75, 3.05) is 66.7 Å². The van der Waals surface area contributed by atoms with Gasteiger partial charge in [-0.25, -0.2) is 9.97 Å². The summed E-state index contributed by atoms with van der Waals surface area (Å²) in [6.07, 6.45) is 3.68. The lowest BCUT2D eigenvalue weighted by molar-refractivity contribution is 0.0342. The fourth-order valence-electron chi connectivity index (χ4n) is 5.59.